The van der Waals surface area contributed by atoms with Gasteiger partial charge in [0.05, 0.1) is 0 Å². The number of furan rings is 1. The van der Waals surface area contributed by atoms with Crippen molar-refractivity contribution in [2.75, 3.05) is 14.7 Å². The van der Waals surface area contributed by atoms with Gasteiger partial charge in [-0.1, -0.05) is 141 Å². The molecule has 0 saturated carbocycles. The Morgan fingerprint density at radius 1 is 0.275 bits per heavy atom. The van der Waals surface area contributed by atoms with Gasteiger partial charge in [-0.05, 0) is 165 Å². The highest BCUT2D eigenvalue weighted by atomic mass is 16.3. The van der Waals surface area contributed by atoms with Crippen molar-refractivity contribution in [1.29, 1.82) is 0 Å². The summed E-state index contributed by atoms with van der Waals surface area (Å²) in [6.07, 6.45) is 0. The Kier molecular flexibility index (Phi) is 9.48. The van der Waals surface area contributed by atoms with Gasteiger partial charge in [-0.25, -0.2) is 0 Å². The minimum atomic E-state index is -0.251. The second kappa shape index (κ2) is 16.2. The van der Waals surface area contributed by atoms with Crippen LogP contribution in [0.25, 0.3) is 54.6 Å². The lowest BCUT2D eigenvalue weighted by Crippen LogP contribution is -2.17. The van der Waals surface area contributed by atoms with E-state index in [1.54, 1.807) is 0 Å². The summed E-state index contributed by atoms with van der Waals surface area (Å²) < 4.78 is 6.31. The number of benzene rings is 11. The number of anilines is 9. The first-order valence-electron chi connectivity index (χ1n) is 23.7. The first-order chi connectivity index (χ1) is 34.0. The van der Waals surface area contributed by atoms with Crippen LogP contribution in [0.15, 0.2) is 253 Å². The predicted octanol–water partition coefficient (Wildman–Crippen LogP) is 18.6. The van der Waals surface area contributed by atoms with E-state index < -0.39 is 0 Å². The highest BCUT2D eigenvalue weighted by molar-refractivity contribution is 6.10. The van der Waals surface area contributed by atoms with Crippen molar-refractivity contribution in [2.24, 2.45) is 0 Å². The number of hydrogen-bond acceptors (Lipinski definition) is 4. The van der Waals surface area contributed by atoms with Crippen molar-refractivity contribution in [3.05, 3.63) is 260 Å². The number of fused-ring (bicyclic) bond motifs is 9. The van der Waals surface area contributed by atoms with Crippen molar-refractivity contribution < 1.29 is 4.42 Å². The largest absolute Gasteiger partial charge is 0.456 e. The molecule has 13 rings (SSSR count). The Bertz CT molecular complexity index is 3860. The van der Waals surface area contributed by atoms with Crippen molar-refractivity contribution in [2.45, 2.75) is 19.3 Å². The Balaban J connectivity index is 0.996. The maximum absolute atomic E-state index is 6.31. The third kappa shape index (κ3) is 6.83. The maximum atomic E-state index is 6.31. The zero-order valence-electron chi connectivity index (χ0n) is 38.4. The molecule has 0 fully saturated rings. The topological polar surface area (TPSA) is 22.9 Å². The molecule has 0 bridgehead atoms. The van der Waals surface area contributed by atoms with Gasteiger partial charge >= 0.3 is 0 Å². The highest BCUT2D eigenvalue weighted by Gasteiger charge is 2.37. The van der Waals surface area contributed by atoms with Crippen LogP contribution < -0.4 is 14.7 Å². The van der Waals surface area contributed by atoms with E-state index in [1.807, 2.05) is 12.1 Å². The van der Waals surface area contributed by atoms with Gasteiger partial charge < -0.3 is 19.1 Å². The number of para-hydroxylation sites is 4. The monoisotopic (exact) mass is 885 g/mol. The first kappa shape index (κ1) is 40.4. The average molecular weight is 886 g/mol. The van der Waals surface area contributed by atoms with Crippen LogP contribution in [0.5, 0.6) is 0 Å². The predicted molar refractivity (Wildman–Crippen MR) is 290 cm³/mol. The van der Waals surface area contributed by atoms with Crippen LogP contribution in [0.2, 0.25) is 0 Å². The molecule has 0 saturated heterocycles. The molecule has 1 aliphatic carbocycles. The van der Waals surface area contributed by atoms with Gasteiger partial charge in [0.15, 0.2) is 0 Å². The van der Waals surface area contributed by atoms with E-state index in [1.165, 1.54) is 43.8 Å². The summed E-state index contributed by atoms with van der Waals surface area (Å²) in [5, 5.41) is 7.31. The summed E-state index contributed by atoms with van der Waals surface area (Å²) in [6.45, 7) is 4.78. The van der Waals surface area contributed by atoms with Crippen molar-refractivity contribution >= 4 is 94.7 Å². The molecule has 0 radical (unpaired) electrons. The second-order valence-corrected chi connectivity index (χ2v) is 18.6. The van der Waals surface area contributed by atoms with Crippen LogP contribution in [0.3, 0.4) is 0 Å². The van der Waals surface area contributed by atoms with Crippen LogP contribution in [-0.4, -0.2) is 0 Å². The molecular weight excluding hydrogens is 839 g/mol. The molecule has 0 unspecified atom stereocenters. The van der Waals surface area contributed by atoms with Crippen molar-refractivity contribution in [1.82, 2.24) is 0 Å². The molecule has 0 N–H and O–H groups in total. The lowest BCUT2D eigenvalue weighted by Gasteiger charge is -2.31. The molecule has 11 aromatic carbocycles. The fraction of sp³-hybridized carbons (Fsp3) is 0.0462. The van der Waals surface area contributed by atoms with Crippen LogP contribution in [0.1, 0.15) is 25.0 Å². The third-order valence-corrected chi connectivity index (χ3v) is 14.1. The van der Waals surface area contributed by atoms with E-state index in [0.717, 1.165) is 73.1 Å². The Labute approximate surface area is 402 Å². The lowest BCUT2D eigenvalue weighted by molar-refractivity contribution is 0.661. The summed E-state index contributed by atoms with van der Waals surface area (Å²) >= 11 is 0. The summed E-state index contributed by atoms with van der Waals surface area (Å²) in [5.41, 5.74) is 16.3. The van der Waals surface area contributed by atoms with E-state index in [-0.39, 0.29) is 5.41 Å². The van der Waals surface area contributed by atoms with Gasteiger partial charge in [0.1, 0.15) is 11.2 Å². The maximum Gasteiger partial charge on any atom is 0.135 e. The van der Waals surface area contributed by atoms with E-state index in [0.29, 0.717) is 0 Å². The lowest BCUT2D eigenvalue weighted by atomic mass is 9.81. The molecule has 12 aromatic rings. The Morgan fingerprint density at radius 3 is 1.36 bits per heavy atom. The fourth-order valence-electron chi connectivity index (χ4n) is 10.8. The second-order valence-electron chi connectivity index (χ2n) is 18.6. The minimum Gasteiger partial charge on any atom is -0.456 e. The fourth-order valence-corrected chi connectivity index (χ4v) is 10.8. The van der Waals surface area contributed by atoms with Crippen LogP contribution in [-0.2, 0) is 5.41 Å². The summed E-state index contributed by atoms with van der Waals surface area (Å²) in [5.74, 6) is 0. The SMILES string of the molecule is CC1(C)c2cc(N(c3cccc(N(c4ccccc4)c4ccccc4)c3)c3cccc(N(c4ccccc4)c4ccc5oc6ccccc6c5c4)c3)ccc2-c2cc3ccc4ccccc4c3cc21. The van der Waals surface area contributed by atoms with Crippen LogP contribution in [0, 0.1) is 0 Å². The van der Waals surface area contributed by atoms with Gasteiger partial charge in [0.2, 0.25) is 0 Å². The molecule has 0 aliphatic heterocycles. The van der Waals surface area contributed by atoms with Crippen LogP contribution in [0.4, 0.5) is 51.2 Å². The molecule has 0 spiro atoms. The summed E-state index contributed by atoms with van der Waals surface area (Å²) in [7, 11) is 0. The molecule has 4 heteroatoms. The highest BCUT2D eigenvalue weighted by Crippen LogP contribution is 2.53. The van der Waals surface area contributed by atoms with E-state index in [9.17, 15) is 0 Å². The van der Waals surface area contributed by atoms with E-state index in [2.05, 4.69) is 265 Å². The standard InChI is InChI=1S/C65H47N3O/c1-65(2)61-42-54(34-36-56(61)59-38-45-33-32-44-18-12-13-29-55(44)58(45)43-62(59)65)68(51-27-16-25-49(39-51)66(46-19-6-3-7-20-46)47-21-8-4-9-22-47)52-28-17-26-50(40-52)67(48-23-10-5-11-24-48)53-35-37-64-60(41-53)57-30-14-15-31-63(57)69-64/h3-43H,1-2H3. The van der Waals surface area contributed by atoms with E-state index in [4.69, 9.17) is 4.42 Å². The third-order valence-electron chi connectivity index (χ3n) is 14.1. The van der Waals surface area contributed by atoms with Crippen molar-refractivity contribution in [3.63, 3.8) is 0 Å². The van der Waals surface area contributed by atoms with Gasteiger partial charge in [-0.3, -0.25) is 0 Å². The zero-order valence-corrected chi connectivity index (χ0v) is 38.4. The molecule has 1 heterocycles. The molecule has 4 nitrogen and oxygen atoms in total. The molecular formula is C65H47N3O. The quantitative estimate of drug-likeness (QED) is 0.135. The summed E-state index contributed by atoms with van der Waals surface area (Å²) in [6, 6.07) is 89.9. The number of nitrogens with zero attached hydrogens (tertiary/aromatic N) is 3. The van der Waals surface area contributed by atoms with E-state index >= 15 is 0 Å². The number of rotatable bonds is 9. The van der Waals surface area contributed by atoms with Gasteiger partial charge in [-0.2, -0.15) is 0 Å². The Morgan fingerprint density at radius 2 is 0.725 bits per heavy atom. The van der Waals surface area contributed by atoms with Gasteiger partial charge in [0, 0.05) is 67.4 Å². The minimum absolute atomic E-state index is 0.251. The number of hydrogen-bond donors (Lipinski definition) is 0. The normalized spacial score (nSPS) is 12.6. The smallest absolute Gasteiger partial charge is 0.135 e. The van der Waals surface area contributed by atoms with Gasteiger partial charge in [0.25, 0.3) is 0 Å². The zero-order chi connectivity index (χ0) is 46.1. The summed E-state index contributed by atoms with van der Waals surface area (Å²) in [4.78, 5) is 7.12. The molecule has 69 heavy (non-hydrogen) atoms. The van der Waals surface area contributed by atoms with Crippen molar-refractivity contribution in [3.8, 4) is 11.1 Å². The first-order valence-corrected chi connectivity index (χ1v) is 23.7. The molecule has 1 aromatic heterocycles. The average Bonchev–Trinajstić information content (AvgIpc) is 3.88. The molecule has 0 amide bonds. The van der Waals surface area contributed by atoms with Crippen LogP contribution >= 0.6 is 0 Å². The molecule has 1 aliphatic rings. The molecule has 328 valence electrons. The molecule has 0 atom stereocenters. The van der Waals surface area contributed by atoms with Gasteiger partial charge in [-0.15, -0.1) is 0 Å². The Hall–Kier alpha value is -8.86.